The van der Waals surface area contributed by atoms with Crippen molar-refractivity contribution in [1.29, 1.82) is 0 Å². The molecule has 0 bridgehead atoms. The van der Waals surface area contributed by atoms with Crippen LogP contribution in [0.4, 0.5) is 4.39 Å². The molecule has 2 heterocycles. The number of rotatable bonds is 8. The van der Waals surface area contributed by atoms with Crippen LogP contribution < -0.4 is 5.32 Å². The summed E-state index contributed by atoms with van der Waals surface area (Å²) in [5.41, 5.74) is 1.85. The Morgan fingerprint density at radius 2 is 1.96 bits per heavy atom. The van der Waals surface area contributed by atoms with E-state index in [-0.39, 0.29) is 23.6 Å². The zero-order valence-corrected chi connectivity index (χ0v) is 17.0. The molecule has 0 aliphatic rings. The van der Waals surface area contributed by atoms with Crippen molar-refractivity contribution in [1.82, 2.24) is 25.0 Å². The van der Waals surface area contributed by atoms with Crippen LogP contribution in [0.1, 0.15) is 41.9 Å². The van der Waals surface area contributed by atoms with Gasteiger partial charge in [-0.1, -0.05) is 13.8 Å². The van der Waals surface area contributed by atoms with Crippen LogP contribution in [0.15, 0.2) is 41.1 Å². The summed E-state index contributed by atoms with van der Waals surface area (Å²) in [7, 11) is 0. The fraction of sp³-hybridized carbons (Fsp3) is 0.350. The normalized spacial score (nSPS) is 12.3. The summed E-state index contributed by atoms with van der Waals surface area (Å²) in [5, 5.41) is 11.4. The molecule has 148 valence electrons. The summed E-state index contributed by atoms with van der Waals surface area (Å²) < 4.78 is 14.7. The summed E-state index contributed by atoms with van der Waals surface area (Å²) in [5.74, 6) is 0.0204. The average Bonchev–Trinajstić information content (AvgIpc) is 3.35. The summed E-state index contributed by atoms with van der Waals surface area (Å²) in [6.45, 7) is 8.24. The topological polar surface area (TPSA) is 63.1 Å². The lowest BCUT2D eigenvalue weighted by molar-refractivity contribution is 0.0924. The number of carbonyl (C=O) groups excluding carboxylic acids is 1. The first kappa shape index (κ1) is 20.2. The van der Waals surface area contributed by atoms with Crippen molar-refractivity contribution in [2.24, 2.45) is 0 Å². The van der Waals surface area contributed by atoms with Crippen LogP contribution in [-0.2, 0) is 0 Å². The Morgan fingerprint density at radius 3 is 2.57 bits per heavy atom. The summed E-state index contributed by atoms with van der Waals surface area (Å²) in [4.78, 5) is 19.2. The third kappa shape index (κ3) is 4.45. The average molecular weight is 402 g/mol. The summed E-state index contributed by atoms with van der Waals surface area (Å²) in [6, 6.07) is 8.10. The zero-order valence-electron chi connectivity index (χ0n) is 16.2. The molecule has 0 saturated heterocycles. The second-order valence-corrected chi connectivity index (χ2v) is 7.15. The number of benzene rings is 1. The highest BCUT2D eigenvalue weighted by Gasteiger charge is 2.21. The molecule has 8 heteroatoms. The third-order valence-electron chi connectivity index (χ3n) is 4.68. The lowest BCUT2D eigenvalue weighted by Crippen LogP contribution is -2.38. The minimum absolute atomic E-state index is 0.102. The summed E-state index contributed by atoms with van der Waals surface area (Å²) in [6.07, 6.45) is 0. The molecule has 0 aliphatic carbocycles. The molecule has 2 aromatic heterocycles. The predicted molar refractivity (Wildman–Crippen MR) is 108 cm³/mol. The number of carbonyl (C=O) groups is 1. The zero-order chi connectivity index (χ0) is 20.1. The van der Waals surface area contributed by atoms with E-state index in [1.165, 1.54) is 22.4 Å². The first-order chi connectivity index (χ1) is 13.5. The Labute approximate surface area is 168 Å². The van der Waals surface area contributed by atoms with Gasteiger partial charge in [0.25, 0.3) is 5.91 Å². The maximum atomic E-state index is 13.1. The Balaban J connectivity index is 1.73. The maximum absolute atomic E-state index is 13.1. The van der Waals surface area contributed by atoms with E-state index in [1.807, 2.05) is 5.38 Å². The van der Waals surface area contributed by atoms with Gasteiger partial charge in [-0.2, -0.15) is 11.3 Å². The lowest BCUT2D eigenvalue weighted by Gasteiger charge is -2.29. The van der Waals surface area contributed by atoms with Gasteiger partial charge in [-0.25, -0.2) is 14.1 Å². The van der Waals surface area contributed by atoms with E-state index < -0.39 is 0 Å². The van der Waals surface area contributed by atoms with Crippen LogP contribution in [0.3, 0.4) is 0 Å². The molecule has 1 N–H and O–H groups in total. The first-order valence-electron chi connectivity index (χ1n) is 9.27. The van der Waals surface area contributed by atoms with E-state index in [4.69, 9.17) is 0 Å². The van der Waals surface area contributed by atoms with Gasteiger partial charge in [0.2, 0.25) is 5.82 Å². The molecular formula is C20H24FN5OS. The number of amides is 1. The van der Waals surface area contributed by atoms with E-state index in [9.17, 15) is 9.18 Å². The van der Waals surface area contributed by atoms with Gasteiger partial charge in [-0.3, -0.25) is 9.69 Å². The van der Waals surface area contributed by atoms with Gasteiger partial charge in [0.1, 0.15) is 11.6 Å². The Hall–Kier alpha value is -2.58. The van der Waals surface area contributed by atoms with Gasteiger partial charge in [-0.05, 0) is 66.7 Å². The third-order valence-corrected chi connectivity index (χ3v) is 5.38. The number of hydrogen-bond acceptors (Lipinski definition) is 5. The molecule has 3 aromatic rings. The van der Waals surface area contributed by atoms with E-state index in [1.54, 1.807) is 30.4 Å². The molecule has 0 spiro atoms. The second-order valence-electron chi connectivity index (χ2n) is 6.37. The minimum atomic E-state index is -0.324. The number of aryl methyl sites for hydroxylation is 1. The second kappa shape index (κ2) is 9.07. The van der Waals surface area contributed by atoms with Crippen LogP contribution >= 0.6 is 11.3 Å². The number of nitrogens with one attached hydrogen (secondary N) is 1. The monoisotopic (exact) mass is 401 g/mol. The van der Waals surface area contributed by atoms with Crippen LogP contribution in [-0.4, -0.2) is 45.2 Å². The highest BCUT2D eigenvalue weighted by Crippen LogP contribution is 2.22. The van der Waals surface area contributed by atoms with Crippen molar-refractivity contribution in [3.8, 4) is 5.69 Å². The van der Waals surface area contributed by atoms with E-state index >= 15 is 0 Å². The van der Waals surface area contributed by atoms with Gasteiger partial charge >= 0.3 is 0 Å². The van der Waals surface area contributed by atoms with Gasteiger partial charge in [0.05, 0.1) is 11.7 Å². The van der Waals surface area contributed by atoms with Crippen molar-refractivity contribution >= 4 is 17.2 Å². The molecule has 0 fully saturated rings. The molecule has 3 rings (SSSR count). The fourth-order valence-electron chi connectivity index (χ4n) is 3.17. The molecule has 1 atom stereocenters. The van der Waals surface area contributed by atoms with Gasteiger partial charge in [0, 0.05) is 6.54 Å². The number of halogens is 1. The van der Waals surface area contributed by atoms with E-state index in [0.29, 0.717) is 18.1 Å². The van der Waals surface area contributed by atoms with Crippen LogP contribution in [0.5, 0.6) is 0 Å². The number of aromatic nitrogens is 3. The largest absolute Gasteiger partial charge is 0.347 e. The summed E-state index contributed by atoms with van der Waals surface area (Å²) >= 11 is 1.65. The number of thiophene rings is 1. The molecule has 0 aliphatic heterocycles. The Morgan fingerprint density at radius 1 is 1.25 bits per heavy atom. The van der Waals surface area contributed by atoms with Crippen molar-refractivity contribution in [2.45, 2.75) is 26.8 Å². The molecule has 0 unspecified atom stereocenters. The number of nitrogens with zero attached hydrogens (tertiary/aromatic N) is 4. The molecule has 6 nitrogen and oxygen atoms in total. The molecule has 1 amide bonds. The highest BCUT2D eigenvalue weighted by molar-refractivity contribution is 7.07. The van der Waals surface area contributed by atoms with Crippen molar-refractivity contribution in [3.05, 3.63) is 64.1 Å². The smallest absolute Gasteiger partial charge is 0.291 e. The molecule has 0 saturated carbocycles. The maximum Gasteiger partial charge on any atom is 0.291 e. The molecular weight excluding hydrogens is 377 g/mol. The van der Waals surface area contributed by atoms with Crippen molar-refractivity contribution in [3.63, 3.8) is 0 Å². The Bertz CT molecular complexity index is 903. The van der Waals surface area contributed by atoms with Crippen LogP contribution in [0, 0.1) is 12.7 Å². The highest BCUT2D eigenvalue weighted by atomic mass is 32.1. The fourth-order valence-corrected chi connectivity index (χ4v) is 3.88. The van der Waals surface area contributed by atoms with Crippen molar-refractivity contribution in [2.75, 3.05) is 19.6 Å². The number of hydrogen-bond donors (Lipinski definition) is 1. The molecule has 0 radical (unpaired) electrons. The quantitative estimate of drug-likeness (QED) is 0.627. The number of likely N-dealkylation sites (N-methyl/N-ethyl adjacent to an activating group) is 1. The predicted octanol–water partition coefficient (Wildman–Crippen LogP) is 3.59. The van der Waals surface area contributed by atoms with Gasteiger partial charge in [-0.15, -0.1) is 5.10 Å². The van der Waals surface area contributed by atoms with Crippen LogP contribution in [0.25, 0.3) is 5.69 Å². The van der Waals surface area contributed by atoms with Crippen molar-refractivity contribution < 1.29 is 9.18 Å². The van der Waals surface area contributed by atoms with Crippen LogP contribution in [0.2, 0.25) is 0 Å². The first-order valence-corrected chi connectivity index (χ1v) is 10.2. The molecule has 1 aromatic carbocycles. The Kier molecular flexibility index (Phi) is 6.53. The van der Waals surface area contributed by atoms with Gasteiger partial charge in [0.15, 0.2) is 0 Å². The van der Waals surface area contributed by atoms with Gasteiger partial charge < -0.3 is 5.32 Å². The van der Waals surface area contributed by atoms with E-state index in [0.717, 1.165) is 13.1 Å². The SMILES string of the molecule is CCN(CC)[C@H](CNC(=O)c1nc(C)n(-c2ccc(F)cc2)n1)c1ccsc1. The molecule has 28 heavy (non-hydrogen) atoms. The minimum Gasteiger partial charge on any atom is -0.347 e. The standard InChI is InChI=1S/C20H24FN5OS/c1-4-25(5-2)18(15-10-11-28-13-15)12-22-20(27)19-23-14(3)26(24-19)17-8-6-16(21)7-9-17/h6-11,13,18H,4-5,12H2,1-3H3,(H,22,27)/t18-/m1/s1. The lowest BCUT2D eigenvalue weighted by atomic mass is 10.1. The van der Waals surface area contributed by atoms with E-state index in [2.05, 4.69) is 45.6 Å².